The topological polar surface area (TPSA) is 41.6 Å². The molecule has 0 saturated carbocycles. The highest BCUT2D eigenvalue weighted by molar-refractivity contribution is 5.98. The number of hydrogen-bond donors (Lipinski definition) is 1. The first-order valence-corrected chi connectivity index (χ1v) is 8.92. The molecule has 0 radical (unpaired) electrons. The molecule has 2 heterocycles. The minimum atomic E-state index is -4.59. The van der Waals surface area contributed by atoms with Crippen LogP contribution in [0.3, 0.4) is 0 Å². The molecule has 1 saturated heterocycles. The number of carbonyl (C=O) groups excluding carboxylic acids is 1. The van der Waals surface area contributed by atoms with E-state index in [1.807, 2.05) is 11.0 Å². The van der Waals surface area contributed by atoms with E-state index in [4.69, 9.17) is 4.74 Å². The molecule has 1 atom stereocenters. The molecule has 1 N–H and O–H groups in total. The summed E-state index contributed by atoms with van der Waals surface area (Å²) < 4.78 is 58.3. The van der Waals surface area contributed by atoms with E-state index in [1.54, 1.807) is 12.1 Å². The highest BCUT2D eigenvalue weighted by Crippen LogP contribution is 2.32. The first-order valence-electron chi connectivity index (χ1n) is 8.92. The number of benzene rings is 2. The molecule has 2 aliphatic rings. The van der Waals surface area contributed by atoms with Crippen molar-refractivity contribution >= 4 is 5.91 Å². The van der Waals surface area contributed by atoms with Crippen molar-refractivity contribution in [3.63, 3.8) is 0 Å². The van der Waals surface area contributed by atoms with E-state index in [-0.39, 0.29) is 24.1 Å². The number of ether oxygens (including phenoxy) is 1. The Labute approximate surface area is 159 Å². The minimum absolute atomic E-state index is 0.121. The van der Waals surface area contributed by atoms with Crippen molar-refractivity contribution in [2.75, 3.05) is 19.7 Å². The second kappa shape index (κ2) is 7.18. The molecule has 0 aromatic heterocycles. The van der Waals surface area contributed by atoms with Crippen molar-refractivity contribution in [3.8, 4) is 0 Å². The van der Waals surface area contributed by atoms with Crippen LogP contribution < -0.4 is 5.32 Å². The van der Waals surface area contributed by atoms with Crippen LogP contribution in [0.4, 0.5) is 17.6 Å². The first-order chi connectivity index (χ1) is 13.3. The Morgan fingerprint density at radius 3 is 2.82 bits per heavy atom. The van der Waals surface area contributed by atoms with Gasteiger partial charge in [0.2, 0.25) is 0 Å². The second-order valence-electron chi connectivity index (χ2n) is 7.00. The van der Waals surface area contributed by atoms with Gasteiger partial charge in [-0.2, -0.15) is 13.2 Å². The number of amides is 1. The van der Waals surface area contributed by atoms with Gasteiger partial charge >= 0.3 is 6.18 Å². The number of fused-ring (bicyclic) bond motifs is 1. The largest absolute Gasteiger partial charge is 0.416 e. The van der Waals surface area contributed by atoms with Crippen LogP contribution in [-0.4, -0.2) is 30.5 Å². The lowest BCUT2D eigenvalue weighted by Crippen LogP contribution is -2.38. The minimum Gasteiger partial charge on any atom is -0.371 e. The van der Waals surface area contributed by atoms with Gasteiger partial charge in [-0.05, 0) is 41.0 Å². The number of nitrogens with one attached hydrogen (secondary N) is 1. The molecule has 2 aliphatic heterocycles. The molecule has 0 bridgehead atoms. The van der Waals surface area contributed by atoms with Gasteiger partial charge in [0.05, 0.1) is 18.3 Å². The van der Waals surface area contributed by atoms with Crippen LogP contribution in [0.15, 0.2) is 36.4 Å². The Morgan fingerprint density at radius 2 is 2.04 bits per heavy atom. The summed E-state index contributed by atoms with van der Waals surface area (Å²) in [7, 11) is 0. The van der Waals surface area contributed by atoms with E-state index in [2.05, 4.69) is 5.32 Å². The number of rotatable bonds is 3. The van der Waals surface area contributed by atoms with Gasteiger partial charge in [0.1, 0.15) is 5.82 Å². The molecular weight excluding hydrogens is 376 g/mol. The summed E-state index contributed by atoms with van der Waals surface area (Å²) in [6.45, 7) is 2.00. The molecule has 28 heavy (non-hydrogen) atoms. The summed E-state index contributed by atoms with van der Waals surface area (Å²) in [6, 6.07) is 8.07. The predicted octanol–water partition coefficient (Wildman–Crippen LogP) is 3.66. The number of halogens is 4. The van der Waals surface area contributed by atoms with E-state index in [0.29, 0.717) is 37.9 Å². The van der Waals surface area contributed by atoms with Gasteiger partial charge in [-0.15, -0.1) is 0 Å². The van der Waals surface area contributed by atoms with Crippen LogP contribution in [0.1, 0.15) is 38.7 Å². The maximum absolute atomic E-state index is 13.7. The number of morpholine rings is 1. The Hall–Kier alpha value is -2.45. The summed E-state index contributed by atoms with van der Waals surface area (Å²) in [5.41, 5.74) is 1.69. The highest BCUT2D eigenvalue weighted by atomic mass is 19.4. The monoisotopic (exact) mass is 394 g/mol. The van der Waals surface area contributed by atoms with Crippen LogP contribution in [0.25, 0.3) is 0 Å². The van der Waals surface area contributed by atoms with Crippen molar-refractivity contribution in [2.24, 2.45) is 0 Å². The van der Waals surface area contributed by atoms with Gasteiger partial charge in [0.25, 0.3) is 5.91 Å². The van der Waals surface area contributed by atoms with Crippen LogP contribution in [0, 0.1) is 5.82 Å². The van der Waals surface area contributed by atoms with E-state index < -0.39 is 17.6 Å². The summed E-state index contributed by atoms with van der Waals surface area (Å²) in [4.78, 5) is 13.8. The normalized spacial score (nSPS) is 20.1. The quantitative estimate of drug-likeness (QED) is 0.808. The SMILES string of the molecule is O=C1NCc2c1cccc2C1CN(Cc2cc(F)cc(C(F)(F)F)c2)CCO1. The van der Waals surface area contributed by atoms with Gasteiger partial charge in [0.15, 0.2) is 0 Å². The third-order valence-corrected chi connectivity index (χ3v) is 5.07. The molecule has 8 heteroatoms. The summed E-state index contributed by atoms with van der Waals surface area (Å²) in [5.74, 6) is -1.02. The first kappa shape index (κ1) is 18.9. The number of hydrogen-bond acceptors (Lipinski definition) is 3. The Balaban J connectivity index is 1.53. The molecule has 2 aromatic rings. The molecule has 148 valence electrons. The third-order valence-electron chi connectivity index (χ3n) is 5.07. The Morgan fingerprint density at radius 1 is 1.21 bits per heavy atom. The predicted molar refractivity (Wildman–Crippen MR) is 93.0 cm³/mol. The zero-order valence-electron chi connectivity index (χ0n) is 14.9. The molecule has 2 aromatic carbocycles. The lowest BCUT2D eigenvalue weighted by atomic mass is 9.97. The molecule has 1 unspecified atom stereocenters. The van der Waals surface area contributed by atoms with E-state index >= 15 is 0 Å². The lowest BCUT2D eigenvalue weighted by molar-refractivity contribution is -0.137. The zero-order chi connectivity index (χ0) is 19.9. The summed E-state index contributed by atoms with van der Waals surface area (Å²) >= 11 is 0. The van der Waals surface area contributed by atoms with Crippen molar-refractivity contribution < 1.29 is 27.1 Å². The highest BCUT2D eigenvalue weighted by Gasteiger charge is 2.32. The molecule has 1 fully saturated rings. The van der Waals surface area contributed by atoms with Crippen molar-refractivity contribution in [1.82, 2.24) is 10.2 Å². The fourth-order valence-corrected chi connectivity index (χ4v) is 3.78. The number of carbonyl (C=O) groups is 1. The fraction of sp³-hybridized carbons (Fsp3) is 0.350. The molecule has 4 nitrogen and oxygen atoms in total. The summed E-state index contributed by atoms with van der Waals surface area (Å²) in [5, 5.41) is 2.79. The van der Waals surface area contributed by atoms with Crippen LogP contribution >= 0.6 is 0 Å². The lowest BCUT2D eigenvalue weighted by Gasteiger charge is -2.34. The van der Waals surface area contributed by atoms with Crippen molar-refractivity contribution in [2.45, 2.75) is 25.4 Å². The average molecular weight is 394 g/mol. The number of nitrogens with zero attached hydrogens (tertiary/aromatic N) is 1. The van der Waals surface area contributed by atoms with Crippen molar-refractivity contribution in [3.05, 3.63) is 70.0 Å². The zero-order valence-corrected chi connectivity index (χ0v) is 14.9. The number of alkyl halides is 3. The maximum atomic E-state index is 13.7. The maximum Gasteiger partial charge on any atom is 0.416 e. The molecule has 1 amide bonds. The van der Waals surface area contributed by atoms with Gasteiger partial charge in [-0.25, -0.2) is 4.39 Å². The Kier molecular flexibility index (Phi) is 4.84. The van der Waals surface area contributed by atoms with Gasteiger partial charge in [-0.3, -0.25) is 9.69 Å². The molecular formula is C20H18F4N2O2. The van der Waals surface area contributed by atoms with E-state index in [0.717, 1.165) is 23.3 Å². The Bertz CT molecular complexity index is 914. The van der Waals surface area contributed by atoms with Crippen LogP contribution in [-0.2, 0) is 24.0 Å². The van der Waals surface area contributed by atoms with Gasteiger partial charge in [0, 0.05) is 31.7 Å². The standard InChI is InChI=1S/C20H18F4N2O2/c21-14-7-12(6-13(8-14)20(22,23)24)10-26-4-5-28-18(11-26)15-2-1-3-16-17(15)9-25-19(16)27/h1-3,6-8,18H,4-5,9-11H2,(H,25,27). The van der Waals surface area contributed by atoms with Crippen LogP contribution in [0.5, 0.6) is 0 Å². The van der Waals surface area contributed by atoms with E-state index in [9.17, 15) is 22.4 Å². The van der Waals surface area contributed by atoms with Gasteiger partial charge < -0.3 is 10.1 Å². The summed E-state index contributed by atoms with van der Waals surface area (Å²) in [6.07, 6.45) is -4.89. The molecule has 4 rings (SSSR count). The van der Waals surface area contributed by atoms with E-state index in [1.165, 1.54) is 0 Å². The van der Waals surface area contributed by atoms with Crippen molar-refractivity contribution in [1.29, 1.82) is 0 Å². The fourth-order valence-electron chi connectivity index (χ4n) is 3.78. The molecule has 0 spiro atoms. The molecule has 0 aliphatic carbocycles. The average Bonchev–Trinajstić information content (AvgIpc) is 3.02. The van der Waals surface area contributed by atoms with Gasteiger partial charge in [-0.1, -0.05) is 12.1 Å². The second-order valence-corrected chi connectivity index (χ2v) is 7.00. The third kappa shape index (κ3) is 3.74. The smallest absolute Gasteiger partial charge is 0.371 e. The van der Waals surface area contributed by atoms with Crippen LogP contribution in [0.2, 0.25) is 0 Å².